The number of amides is 1. The number of carbonyl (C=O) groups is 1. The number of nitrogens with one attached hydrogen (secondary N) is 1. The van der Waals surface area contributed by atoms with Crippen molar-refractivity contribution in [1.82, 2.24) is 20.1 Å². The van der Waals surface area contributed by atoms with E-state index in [1.165, 1.54) is 0 Å². The lowest BCUT2D eigenvalue weighted by molar-refractivity contribution is 0.0783. The second-order valence-corrected chi connectivity index (χ2v) is 5.27. The summed E-state index contributed by atoms with van der Waals surface area (Å²) in [4.78, 5) is 18.3. The number of hydrogen-bond donors (Lipinski definition) is 1. The predicted molar refractivity (Wildman–Crippen MR) is 76.8 cm³/mol. The van der Waals surface area contributed by atoms with Crippen LogP contribution in [-0.2, 0) is 11.3 Å². The van der Waals surface area contributed by atoms with Crippen LogP contribution in [0.2, 0.25) is 0 Å². The fourth-order valence-corrected chi connectivity index (χ4v) is 2.58. The van der Waals surface area contributed by atoms with E-state index in [9.17, 15) is 4.79 Å². The van der Waals surface area contributed by atoms with Gasteiger partial charge in [-0.3, -0.25) is 14.9 Å². The van der Waals surface area contributed by atoms with Crippen molar-refractivity contribution in [3.8, 4) is 0 Å². The van der Waals surface area contributed by atoms with Crippen molar-refractivity contribution < 1.29 is 9.53 Å². The van der Waals surface area contributed by atoms with E-state index in [2.05, 4.69) is 15.2 Å². The van der Waals surface area contributed by atoms with Gasteiger partial charge >= 0.3 is 0 Å². The molecule has 1 saturated heterocycles. The molecule has 0 bridgehead atoms. The summed E-state index contributed by atoms with van der Waals surface area (Å²) in [5, 5.41) is 7.00. The highest BCUT2D eigenvalue weighted by Crippen LogP contribution is 2.26. The molecule has 2 aromatic rings. The third-order valence-corrected chi connectivity index (χ3v) is 3.75. The molecule has 3 rings (SSSR count). The highest BCUT2D eigenvalue weighted by molar-refractivity contribution is 5.95. The SMILES string of the molecule is CN(Cc1ccncc1)C(=O)c1cn[nH]c1C1CCOC1. The maximum Gasteiger partial charge on any atom is 0.257 e. The van der Waals surface area contributed by atoms with Crippen LogP contribution in [0.3, 0.4) is 0 Å². The fraction of sp³-hybridized carbons (Fsp3) is 0.400. The first-order valence-corrected chi connectivity index (χ1v) is 7.01. The van der Waals surface area contributed by atoms with Gasteiger partial charge in [0.2, 0.25) is 0 Å². The summed E-state index contributed by atoms with van der Waals surface area (Å²) < 4.78 is 5.39. The molecule has 1 amide bonds. The first kappa shape index (κ1) is 13.8. The van der Waals surface area contributed by atoms with E-state index < -0.39 is 0 Å². The number of H-pyrrole nitrogens is 1. The summed E-state index contributed by atoms with van der Waals surface area (Å²) in [6.45, 7) is 1.94. The van der Waals surface area contributed by atoms with Crippen molar-refractivity contribution >= 4 is 5.91 Å². The molecule has 0 saturated carbocycles. The first-order chi connectivity index (χ1) is 10.3. The summed E-state index contributed by atoms with van der Waals surface area (Å²) in [6, 6.07) is 3.82. The van der Waals surface area contributed by atoms with E-state index in [1.807, 2.05) is 12.1 Å². The monoisotopic (exact) mass is 286 g/mol. The lowest BCUT2D eigenvalue weighted by Crippen LogP contribution is -2.27. The summed E-state index contributed by atoms with van der Waals surface area (Å²) in [6.07, 6.45) is 6.00. The minimum Gasteiger partial charge on any atom is -0.381 e. The molecule has 1 N–H and O–H groups in total. The normalized spacial score (nSPS) is 17.9. The predicted octanol–water partition coefficient (Wildman–Crippen LogP) is 1.58. The lowest BCUT2D eigenvalue weighted by atomic mass is 10.0. The maximum absolute atomic E-state index is 12.6. The van der Waals surface area contributed by atoms with Gasteiger partial charge in [-0.25, -0.2) is 0 Å². The van der Waals surface area contributed by atoms with Gasteiger partial charge in [-0.2, -0.15) is 5.10 Å². The molecule has 0 spiro atoms. The minimum absolute atomic E-state index is 0.0255. The zero-order chi connectivity index (χ0) is 14.7. The summed E-state index contributed by atoms with van der Waals surface area (Å²) in [5.41, 5.74) is 2.58. The van der Waals surface area contributed by atoms with Crippen LogP contribution < -0.4 is 0 Å². The number of aromatic amines is 1. The van der Waals surface area contributed by atoms with E-state index in [-0.39, 0.29) is 11.8 Å². The van der Waals surface area contributed by atoms with Crippen molar-refractivity contribution in [2.45, 2.75) is 18.9 Å². The number of carbonyl (C=O) groups excluding carboxylic acids is 1. The number of rotatable bonds is 4. The molecule has 6 heteroatoms. The third-order valence-electron chi connectivity index (χ3n) is 3.75. The number of pyridine rings is 1. The van der Waals surface area contributed by atoms with Gasteiger partial charge in [0.25, 0.3) is 5.91 Å². The Labute approximate surface area is 123 Å². The standard InChI is InChI=1S/C15H18N4O2/c1-19(9-11-2-5-16-6-3-11)15(20)13-8-17-18-14(13)12-4-7-21-10-12/h2-3,5-6,8,12H,4,7,9-10H2,1H3,(H,17,18). The topological polar surface area (TPSA) is 71.1 Å². The molecule has 6 nitrogen and oxygen atoms in total. The zero-order valence-electron chi connectivity index (χ0n) is 12.0. The molecule has 1 atom stereocenters. The molecule has 1 fully saturated rings. The second-order valence-electron chi connectivity index (χ2n) is 5.27. The van der Waals surface area contributed by atoms with Crippen molar-refractivity contribution in [2.75, 3.05) is 20.3 Å². The van der Waals surface area contributed by atoms with Crippen LogP contribution >= 0.6 is 0 Å². The van der Waals surface area contributed by atoms with Gasteiger partial charge < -0.3 is 9.64 Å². The average molecular weight is 286 g/mol. The molecular formula is C15H18N4O2. The molecule has 3 heterocycles. The molecular weight excluding hydrogens is 268 g/mol. The summed E-state index contributed by atoms with van der Waals surface area (Å²) >= 11 is 0. The van der Waals surface area contributed by atoms with Crippen LogP contribution in [0.5, 0.6) is 0 Å². The van der Waals surface area contributed by atoms with E-state index in [1.54, 1.807) is 30.5 Å². The average Bonchev–Trinajstić information content (AvgIpc) is 3.18. The molecule has 1 unspecified atom stereocenters. The number of aromatic nitrogens is 3. The largest absolute Gasteiger partial charge is 0.381 e. The van der Waals surface area contributed by atoms with Crippen molar-refractivity contribution in [1.29, 1.82) is 0 Å². The van der Waals surface area contributed by atoms with Crippen LogP contribution in [0.1, 0.15) is 34.0 Å². The van der Waals surface area contributed by atoms with E-state index in [0.717, 1.165) is 24.3 Å². The van der Waals surface area contributed by atoms with E-state index in [4.69, 9.17) is 4.74 Å². The van der Waals surface area contributed by atoms with Gasteiger partial charge in [0.15, 0.2) is 0 Å². The van der Waals surface area contributed by atoms with Crippen LogP contribution in [0, 0.1) is 0 Å². The minimum atomic E-state index is -0.0255. The first-order valence-electron chi connectivity index (χ1n) is 7.01. The Kier molecular flexibility index (Phi) is 3.96. The quantitative estimate of drug-likeness (QED) is 0.926. The van der Waals surface area contributed by atoms with Crippen LogP contribution in [0.4, 0.5) is 0 Å². The molecule has 0 aromatic carbocycles. The molecule has 0 aliphatic carbocycles. The van der Waals surface area contributed by atoms with Gasteiger partial charge in [0.1, 0.15) is 0 Å². The molecule has 110 valence electrons. The Morgan fingerprint density at radius 3 is 3.00 bits per heavy atom. The molecule has 1 aliphatic rings. The molecule has 0 radical (unpaired) electrons. The highest BCUT2D eigenvalue weighted by Gasteiger charge is 2.26. The number of hydrogen-bond acceptors (Lipinski definition) is 4. The van der Waals surface area contributed by atoms with Gasteiger partial charge in [0, 0.05) is 38.5 Å². The van der Waals surface area contributed by atoms with Crippen molar-refractivity contribution in [3.63, 3.8) is 0 Å². The lowest BCUT2D eigenvalue weighted by Gasteiger charge is -2.18. The second kappa shape index (κ2) is 6.05. The maximum atomic E-state index is 12.6. The highest BCUT2D eigenvalue weighted by atomic mass is 16.5. The Balaban J connectivity index is 1.74. The van der Waals surface area contributed by atoms with Crippen molar-refractivity contribution in [3.05, 3.63) is 47.5 Å². The number of nitrogens with zero attached hydrogens (tertiary/aromatic N) is 3. The zero-order valence-corrected chi connectivity index (χ0v) is 12.0. The Hall–Kier alpha value is -2.21. The summed E-state index contributed by atoms with van der Waals surface area (Å²) in [7, 11) is 1.80. The third kappa shape index (κ3) is 2.95. The molecule has 2 aromatic heterocycles. The molecule has 21 heavy (non-hydrogen) atoms. The van der Waals surface area contributed by atoms with Gasteiger partial charge in [-0.05, 0) is 24.1 Å². The Bertz CT molecular complexity index is 605. The smallest absolute Gasteiger partial charge is 0.257 e. The Morgan fingerprint density at radius 2 is 2.29 bits per heavy atom. The van der Waals surface area contributed by atoms with E-state index >= 15 is 0 Å². The summed E-state index contributed by atoms with van der Waals surface area (Å²) in [5.74, 6) is 0.211. The van der Waals surface area contributed by atoms with Crippen LogP contribution in [0.25, 0.3) is 0 Å². The van der Waals surface area contributed by atoms with Gasteiger partial charge in [-0.1, -0.05) is 0 Å². The van der Waals surface area contributed by atoms with Gasteiger partial charge in [-0.15, -0.1) is 0 Å². The Morgan fingerprint density at radius 1 is 1.48 bits per heavy atom. The fourth-order valence-electron chi connectivity index (χ4n) is 2.58. The van der Waals surface area contributed by atoms with Crippen LogP contribution in [0.15, 0.2) is 30.7 Å². The number of ether oxygens (including phenoxy) is 1. The van der Waals surface area contributed by atoms with Crippen molar-refractivity contribution in [2.24, 2.45) is 0 Å². The van der Waals surface area contributed by atoms with Crippen LogP contribution in [-0.4, -0.2) is 46.2 Å². The molecule has 1 aliphatic heterocycles. The van der Waals surface area contributed by atoms with Gasteiger partial charge in [0.05, 0.1) is 24.1 Å². The van der Waals surface area contributed by atoms with E-state index in [0.29, 0.717) is 18.7 Å².